The van der Waals surface area contributed by atoms with Crippen molar-refractivity contribution in [3.05, 3.63) is 36.0 Å². The molecule has 19 heavy (non-hydrogen) atoms. The van der Waals surface area contributed by atoms with Crippen LogP contribution in [-0.4, -0.2) is 28.4 Å². The van der Waals surface area contributed by atoms with Gasteiger partial charge >= 0.3 is 0 Å². The molecule has 1 fully saturated rings. The molecule has 3 rings (SSSR count). The van der Waals surface area contributed by atoms with Gasteiger partial charge in [-0.25, -0.2) is 4.98 Å². The quantitative estimate of drug-likeness (QED) is 0.851. The third-order valence-electron chi connectivity index (χ3n) is 3.80. The number of nitrogen functional groups attached to an aromatic ring is 1. The maximum absolute atomic E-state index is 12.5. The van der Waals surface area contributed by atoms with Gasteiger partial charge in [-0.2, -0.15) is 0 Å². The Labute approximate surface area is 112 Å². The van der Waals surface area contributed by atoms with Gasteiger partial charge in [0.15, 0.2) is 0 Å². The van der Waals surface area contributed by atoms with Gasteiger partial charge in [0.25, 0.3) is 5.91 Å². The van der Waals surface area contributed by atoms with Crippen LogP contribution in [0.3, 0.4) is 0 Å². The fraction of sp³-hybridized carbons (Fsp3) is 0.333. The lowest BCUT2D eigenvalue weighted by molar-refractivity contribution is 0.0742. The highest BCUT2D eigenvalue weighted by molar-refractivity contribution is 6.00. The topological polar surface area (TPSA) is 59.2 Å². The number of rotatable bonds is 1. The first-order valence-electron chi connectivity index (χ1n) is 6.63. The summed E-state index contributed by atoms with van der Waals surface area (Å²) in [6, 6.07) is 9.86. The highest BCUT2D eigenvalue weighted by Crippen LogP contribution is 2.23. The molecule has 4 heteroatoms. The highest BCUT2D eigenvalue weighted by Gasteiger charge is 2.27. The summed E-state index contributed by atoms with van der Waals surface area (Å²) in [7, 11) is 0. The van der Waals surface area contributed by atoms with Crippen molar-refractivity contribution in [2.24, 2.45) is 0 Å². The molecule has 2 aromatic rings. The fourth-order valence-electron chi connectivity index (χ4n) is 2.72. The number of benzene rings is 1. The first-order chi connectivity index (χ1) is 9.16. The van der Waals surface area contributed by atoms with Crippen molar-refractivity contribution >= 4 is 22.5 Å². The number of hydrogen-bond donors (Lipinski definition) is 1. The van der Waals surface area contributed by atoms with Crippen molar-refractivity contribution in [3.63, 3.8) is 0 Å². The Morgan fingerprint density at radius 1 is 1.42 bits per heavy atom. The first kappa shape index (κ1) is 12.0. The number of carbonyl (C=O) groups is 1. The molecule has 2 N–H and O–H groups in total. The third kappa shape index (κ3) is 2.03. The third-order valence-corrected chi connectivity index (χ3v) is 3.80. The summed E-state index contributed by atoms with van der Waals surface area (Å²) >= 11 is 0. The first-order valence-corrected chi connectivity index (χ1v) is 6.63. The standard InChI is InChI=1S/C15H17N3O/c1-10-5-4-8-18(10)15(19)13-9-11-6-2-3-7-12(11)14(16)17-13/h2-3,6-7,9-10H,4-5,8H2,1H3,(H2,16,17). The Morgan fingerprint density at radius 3 is 2.95 bits per heavy atom. The molecule has 0 bridgehead atoms. The number of fused-ring (bicyclic) bond motifs is 1. The van der Waals surface area contributed by atoms with Gasteiger partial charge in [-0.05, 0) is 31.2 Å². The number of aromatic nitrogens is 1. The summed E-state index contributed by atoms with van der Waals surface area (Å²) in [4.78, 5) is 18.6. The van der Waals surface area contributed by atoms with E-state index in [2.05, 4.69) is 11.9 Å². The van der Waals surface area contributed by atoms with Crippen molar-refractivity contribution in [1.82, 2.24) is 9.88 Å². The van der Waals surface area contributed by atoms with Gasteiger partial charge in [0.05, 0.1) is 0 Å². The van der Waals surface area contributed by atoms with Crippen LogP contribution in [0.15, 0.2) is 30.3 Å². The number of amides is 1. The average Bonchev–Trinajstić information content (AvgIpc) is 2.84. The lowest BCUT2D eigenvalue weighted by atomic mass is 10.1. The molecule has 1 aliphatic rings. The molecule has 0 saturated carbocycles. The molecule has 1 aliphatic heterocycles. The minimum Gasteiger partial charge on any atom is -0.383 e. The summed E-state index contributed by atoms with van der Waals surface area (Å²) in [5.74, 6) is 0.413. The van der Waals surface area contributed by atoms with Crippen molar-refractivity contribution in [2.75, 3.05) is 12.3 Å². The summed E-state index contributed by atoms with van der Waals surface area (Å²) in [6.07, 6.45) is 2.13. The van der Waals surface area contributed by atoms with E-state index in [1.807, 2.05) is 35.2 Å². The molecular weight excluding hydrogens is 238 g/mol. The largest absolute Gasteiger partial charge is 0.383 e. The van der Waals surface area contributed by atoms with Crippen LogP contribution in [0.5, 0.6) is 0 Å². The molecule has 1 unspecified atom stereocenters. The van der Waals surface area contributed by atoms with Crippen molar-refractivity contribution in [2.45, 2.75) is 25.8 Å². The minimum absolute atomic E-state index is 0.0116. The number of carbonyl (C=O) groups excluding carboxylic acids is 1. The zero-order chi connectivity index (χ0) is 13.4. The molecule has 2 heterocycles. The second-order valence-corrected chi connectivity index (χ2v) is 5.10. The molecule has 0 radical (unpaired) electrons. The van der Waals surface area contributed by atoms with E-state index in [4.69, 9.17) is 5.73 Å². The van der Waals surface area contributed by atoms with Gasteiger partial charge in [-0.15, -0.1) is 0 Å². The highest BCUT2D eigenvalue weighted by atomic mass is 16.2. The molecule has 98 valence electrons. The zero-order valence-electron chi connectivity index (χ0n) is 11.0. The normalized spacial score (nSPS) is 19.0. The Balaban J connectivity index is 2.03. The average molecular weight is 255 g/mol. The van der Waals surface area contributed by atoms with E-state index in [9.17, 15) is 4.79 Å². The monoisotopic (exact) mass is 255 g/mol. The van der Waals surface area contributed by atoms with Gasteiger partial charge in [-0.3, -0.25) is 4.79 Å². The van der Waals surface area contributed by atoms with E-state index in [0.717, 1.165) is 30.2 Å². The second kappa shape index (κ2) is 4.53. The van der Waals surface area contributed by atoms with Crippen LogP contribution in [0.2, 0.25) is 0 Å². The van der Waals surface area contributed by atoms with Crippen molar-refractivity contribution in [3.8, 4) is 0 Å². The van der Waals surface area contributed by atoms with Crippen LogP contribution in [0, 0.1) is 0 Å². The Bertz CT molecular complexity index is 638. The van der Waals surface area contributed by atoms with Crippen molar-refractivity contribution < 1.29 is 4.79 Å². The fourth-order valence-corrected chi connectivity index (χ4v) is 2.72. The summed E-state index contributed by atoms with van der Waals surface area (Å²) < 4.78 is 0. The predicted molar refractivity (Wildman–Crippen MR) is 75.9 cm³/mol. The van der Waals surface area contributed by atoms with E-state index in [1.54, 1.807) is 0 Å². The van der Waals surface area contributed by atoms with Crippen LogP contribution in [0.1, 0.15) is 30.3 Å². The van der Waals surface area contributed by atoms with Crippen molar-refractivity contribution in [1.29, 1.82) is 0 Å². The number of nitrogens with two attached hydrogens (primary N) is 1. The number of nitrogens with zero attached hydrogens (tertiary/aromatic N) is 2. The zero-order valence-corrected chi connectivity index (χ0v) is 11.0. The maximum atomic E-state index is 12.5. The van der Waals surface area contributed by atoms with Crippen LogP contribution in [-0.2, 0) is 0 Å². The van der Waals surface area contributed by atoms with E-state index in [-0.39, 0.29) is 5.91 Å². The van der Waals surface area contributed by atoms with Crippen LogP contribution in [0.4, 0.5) is 5.82 Å². The van der Waals surface area contributed by atoms with Gasteiger partial charge in [0.2, 0.25) is 0 Å². The Hall–Kier alpha value is -2.10. The summed E-state index contributed by atoms with van der Waals surface area (Å²) in [6.45, 7) is 2.89. The number of anilines is 1. The molecule has 0 spiro atoms. The summed E-state index contributed by atoms with van der Waals surface area (Å²) in [5.41, 5.74) is 6.40. The minimum atomic E-state index is -0.0116. The lowest BCUT2D eigenvalue weighted by Gasteiger charge is -2.21. The smallest absolute Gasteiger partial charge is 0.272 e. The molecular formula is C15H17N3O. The molecule has 4 nitrogen and oxygen atoms in total. The van der Waals surface area contributed by atoms with Crippen LogP contribution in [0.25, 0.3) is 10.8 Å². The van der Waals surface area contributed by atoms with Gasteiger partial charge in [0, 0.05) is 18.0 Å². The summed E-state index contributed by atoms with van der Waals surface area (Å²) in [5, 5.41) is 1.86. The second-order valence-electron chi connectivity index (χ2n) is 5.10. The SMILES string of the molecule is CC1CCCN1C(=O)c1cc2ccccc2c(N)n1. The van der Waals surface area contributed by atoms with E-state index in [0.29, 0.717) is 17.6 Å². The van der Waals surface area contributed by atoms with Crippen LogP contribution >= 0.6 is 0 Å². The van der Waals surface area contributed by atoms with Gasteiger partial charge < -0.3 is 10.6 Å². The van der Waals surface area contributed by atoms with Crippen LogP contribution < -0.4 is 5.73 Å². The molecule has 0 aliphatic carbocycles. The molecule has 1 aromatic heterocycles. The van der Waals surface area contributed by atoms with Gasteiger partial charge in [-0.1, -0.05) is 24.3 Å². The lowest BCUT2D eigenvalue weighted by Crippen LogP contribution is -2.34. The Kier molecular flexibility index (Phi) is 2.85. The molecule has 1 saturated heterocycles. The number of pyridine rings is 1. The van der Waals surface area contributed by atoms with E-state index < -0.39 is 0 Å². The van der Waals surface area contributed by atoms with E-state index >= 15 is 0 Å². The molecule has 1 atom stereocenters. The number of likely N-dealkylation sites (tertiary alicyclic amines) is 1. The number of hydrogen-bond acceptors (Lipinski definition) is 3. The molecule has 1 amide bonds. The predicted octanol–water partition coefficient (Wildman–Crippen LogP) is 2.44. The maximum Gasteiger partial charge on any atom is 0.272 e. The Morgan fingerprint density at radius 2 is 2.21 bits per heavy atom. The van der Waals surface area contributed by atoms with E-state index in [1.165, 1.54) is 0 Å². The molecule has 1 aromatic carbocycles. The van der Waals surface area contributed by atoms with Gasteiger partial charge in [0.1, 0.15) is 11.5 Å².